The zero-order chi connectivity index (χ0) is 16.1. The third kappa shape index (κ3) is 3.89. The van der Waals surface area contributed by atoms with Crippen molar-refractivity contribution in [1.29, 1.82) is 0 Å². The number of hydrogen-bond acceptors (Lipinski definition) is 4. The van der Waals surface area contributed by atoms with Crippen molar-refractivity contribution < 1.29 is 9.72 Å². The number of amides is 1. The van der Waals surface area contributed by atoms with Gasteiger partial charge in [0.15, 0.2) is 0 Å². The van der Waals surface area contributed by atoms with Gasteiger partial charge in [0.2, 0.25) is 0 Å². The summed E-state index contributed by atoms with van der Waals surface area (Å²) >= 11 is 5.99. The van der Waals surface area contributed by atoms with Gasteiger partial charge < -0.3 is 0 Å². The molecular weight excluding hydrogens is 306 g/mol. The van der Waals surface area contributed by atoms with E-state index in [0.717, 1.165) is 5.56 Å². The van der Waals surface area contributed by atoms with Crippen LogP contribution in [-0.4, -0.2) is 17.0 Å². The van der Waals surface area contributed by atoms with Gasteiger partial charge in [-0.25, -0.2) is 5.43 Å². The quantitative estimate of drug-likeness (QED) is 0.533. The summed E-state index contributed by atoms with van der Waals surface area (Å²) in [5.74, 6) is -0.428. The van der Waals surface area contributed by atoms with Crippen molar-refractivity contribution >= 4 is 29.4 Å². The Balaban J connectivity index is 2.02. The average Bonchev–Trinajstić information content (AvgIpc) is 2.47. The van der Waals surface area contributed by atoms with Crippen molar-refractivity contribution in [3.8, 4) is 0 Å². The van der Waals surface area contributed by atoms with Crippen molar-refractivity contribution in [2.24, 2.45) is 5.10 Å². The Bertz CT molecular complexity index is 742. The van der Waals surface area contributed by atoms with Crippen LogP contribution in [0.1, 0.15) is 21.5 Å². The highest BCUT2D eigenvalue weighted by Crippen LogP contribution is 2.17. The Kier molecular flexibility index (Phi) is 4.85. The zero-order valence-electron chi connectivity index (χ0n) is 11.6. The third-order valence-electron chi connectivity index (χ3n) is 2.85. The van der Waals surface area contributed by atoms with Crippen molar-refractivity contribution in [3.63, 3.8) is 0 Å². The van der Waals surface area contributed by atoms with E-state index in [1.165, 1.54) is 30.5 Å². The van der Waals surface area contributed by atoms with E-state index in [1.807, 2.05) is 6.92 Å². The zero-order valence-corrected chi connectivity index (χ0v) is 12.4. The highest BCUT2D eigenvalue weighted by atomic mass is 35.5. The fourth-order valence-corrected chi connectivity index (χ4v) is 2.03. The van der Waals surface area contributed by atoms with Gasteiger partial charge in [-0.3, -0.25) is 14.9 Å². The first kappa shape index (κ1) is 15.7. The molecule has 7 heteroatoms. The van der Waals surface area contributed by atoms with Gasteiger partial charge in [-0.15, -0.1) is 0 Å². The lowest BCUT2D eigenvalue weighted by molar-refractivity contribution is -0.384. The van der Waals surface area contributed by atoms with E-state index in [1.54, 1.807) is 18.2 Å². The molecule has 22 heavy (non-hydrogen) atoms. The van der Waals surface area contributed by atoms with Gasteiger partial charge in [-0.1, -0.05) is 17.7 Å². The molecule has 0 aliphatic rings. The monoisotopic (exact) mass is 317 g/mol. The van der Waals surface area contributed by atoms with E-state index in [2.05, 4.69) is 10.5 Å². The molecule has 112 valence electrons. The predicted octanol–water partition coefficient (Wildman–Crippen LogP) is 3.32. The summed E-state index contributed by atoms with van der Waals surface area (Å²) in [6.07, 6.45) is 1.39. The second-order valence-electron chi connectivity index (χ2n) is 4.53. The molecule has 2 aromatic carbocycles. The predicted molar refractivity (Wildman–Crippen MR) is 84.3 cm³/mol. The van der Waals surface area contributed by atoms with Gasteiger partial charge in [-0.2, -0.15) is 5.10 Å². The minimum Gasteiger partial charge on any atom is -0.267 e. The van der Waals surface area contributed by atoms with Gasteiger partial charge in [0, 0.05) is 12.1 Å². The second-order valence-corrected chi connectivity index (χ2v) is 4.94. The number of non-ortho nitro benzene ring substituents is 1. The van der Waals surface area contributed by atoms with Gasteiger partial charge >= 0.3 is 0 Å². The third-order valence-corrected chi connectivity index (χ3v) is 3.17. The van der Waals surface area contributed by atoms with Crippen LogP contribution in [0.15, 0.2) is 47.6 Å². The van der Waals surface area contributed by atoms with Gasteiger partial charge in [0.25, 0.3) is 11.6 Å². The molecule has 2 aromatic rings. The normalized spacial score (nSPS) is 10.6. The first-order valence-electron chi connectivity index (χ1n) is 6.31. The number of nitro groups is 1. The Morgan fingerprint density at radius 1 is 1.27 bits per heavy atom. The summed E-state index contributed by atoms with van der Waals surface area (Å²) in [7, 11) is 0. The number of halogens is 1. The number of carbonyl (C=O) groups is 1. The number of hydrogen-bond donors (Lipinski definition) is 1. The van der Waals surface area contributed by atoms with Crippen LogP contribution in [0.25, 0.3) is 0 Å². The molecule has 0 aliphatic carbocycles. The fourth-order valence-electron chi connectivity index (χ4n) is 1.71. The van der Waals surface area contributed by atoms with Crippen LogP contribution in [0, 0.1) is 17.0 Å². The summed E-state index contributed by atoms with van der Waals surface area (Å²) in [6.45, 7) is 1.88. The summed E-state index contributed by atoms with van der Waals surface area (Å²) in [6, 6.07) is 10.9. The lowest BCUT2D eigenvalue weighted by atomic mass is 10.1. The Labute approximate surface area is 131 Å². The second kappa shape index (κ2) is 6.82. The van der Waals surface area contributed by atoms with Crippen LogP contribution in [0.4, 0.5) is 5.69 Å². The van der Waals surface area contributed by atoms with Crippen molar-refractivity contribution in [3.05, 3.63) is 74.3 Å². The van der Waals surface area contributed by atoms with Gasteiger partial charge in [0.1, 0.15) is 0 Å². The van der Waals surface area contributed by atoms with E-state index in [9.17, 15) is 14.9 Å². The number of nitro benzene ring substituents is 1. The smallest absolute Gasteiger partial charge is 0.267 e. The average molecular weight is 318 g/mol. The van der Waals surface area contributed by atoms with Gasteiger partial charge in [-0.05, 0) is 42.3 Å². The van der Waals surface area contributed by atoms with Crippen molar-refractivity contribution in [2.45, 2.75) is 6.92 Å². The number of rotatable bonds is 4. The van der Waals surface area contributed by atoms with E-state index in [4.69, 9.17) is 11.6 Å². The number of benzene rings is 2. The van der Waals surface area contributed by atoms with Crippen molar-refractivity contribution in [1.82, 2.24) is 5.43 Å². The van der Waals surface area contributed by atoms with E-state index < -0.39 is 10.8 Å². The summed E-state index contributed by atoms with van der Waals surface area (Å²) in [5.41, 5.74) is 4.26. The Morgan fingerprint density at radius 3 is 2.55 bits per heavy atom. The van der Waals surface area contributed by atoms with Crippen LogP contribution >= 0.6 is 11.6 Å². The van der Waals surface area contributed by atoms with E-state index in [-0.39, 0.29) is 5.69 Å². The summed E-state index contributed by atoms with van der Waals surface area (Å²) in [4.78, 5) is 22.0. The molecule has 0 radical (unpaired) electrons. The molecule has 0 atom stereocenters. The Morgan fingerprint density at radius 2 is 1.95 bits per heavy atom. The lowest BCUT2D eigenvalue weighted by Gasteiger charge is -2.03. The van der Waals surface area contributed by atoms with Crippen LogP contribution < -0.4 is 5.43 Å². The maximum Gasteiger partial charge on any atom is 0.272 e. The molecule has 0 spiro atoms. The number of carbonyl (C=O) groups excluding carboxylic acids is 1. The van der Waals surface area contributed by atoms with Gasteiger partial charge in [0.05, 0.1) is 21.7 Å². The van der Waals surface area contributed by atoms with Crippen LogP contribution in [0.2, 0.25) is 5.02 Å². The highest BCUT2D eigenvalue weighted by Gasteiger charge is 2.09. The fraction of sp³-hybridized carbons (Fsp3) is 0.0667. The molecule has 1 amide bonds. The molecular formula is C15H12ClN3O3. The van der Waals surface area contributed by atoms with Crippen LogP contribution in [0.5, 0.6) is 0 Å². The molecule has 0 unspecified atom stereocenters. The highest BCUT2D eigenvalue weighted by molar-refractivity contribution is 6.33. The number of hydrazone groups is 1. The molecule has 6 nitrogen and oxygen atoms in total. The molecule has 0 saturated carbocycles. The number of nitrogens with zero attached hydrogens (tertiary/aromatic N) is 2. The van der Waals surface area contributed by atoms with Crippen molar-refractivity contribution in [2.75, 3.05) is 0 Å². The van der Waals surface area contributed by atoms with E-state index >= 15 is 0 Å². The maximum atomic E-state index is 11.9. The largest absolute Gasteiger partial charge is 0.272 e. The first-order chi connectivity index (χ1) is 10.5. The standard InChI is InChI=1S/C15H12ClN3O3/c1-10-2-7-13(14(16)8-10)15(20)18-17-9-11-3-5-12(6-4-11)19(21)22/h2-9H,1H3,(H,18,20)/b17-9-. The summed E-state index contributed by atoms with van der Waals surface area (Å²) < 4.78 is 0. The Hall–Kier alpha value is -2.73. The summed E-state index contributed by atoms with van der Waals surface area (Å²) in [5, 5.41) is 14.7. The molecule has 2 rings (SSSR count). The molecule has 0 bridgehead atoms. The van der Waals surface area contributed by atoms with Crippen LogP contribution in [0.3, 0.4) is 0 Å². The minimum atomic E-state index is -0.484. The minimum absolute atomic E-state index is 0.00683. The number of aryl methyl sites for hydroxylation is 1. The molecule has 0 saturated heterocycles. The maximum absolute atomic E-state index is 11.9. The molecule has 0 fully saturated rings. The van der Waals surface area contributed by atoms with E-state index in [0.29, 0.717) is 16.1 Å². The topological polar surface area (TPSA) is 84.6 Å². The number of nitrogens with one attached hydrogen (secondary N) is 1. The lowest BCUT2D eigenvalue weighted by Crippen LogP contribution is -2.18. The molecule has 0 aromatic heterocycles. The molecule has 0 heterocycles. The SMILES string of the molecule is Cc1ccc(C(=O)N/N=C\c2ccc([N+](=O)[O-])cc2)c(Cl)c1. The molecule has 0 aliphatic heterocycles. The molecule has 1 N–H and O–H groups in total. The first-order valence-corrected chi connectivity index (χ1v) is 6.69. The van der Waals surface area contributed by atoms with Crippen LogP contribution in [-0.2, 0) is 0 Å².